The average molecular weight is 278 g/mol. The molecule has 0 aliphatic heterocycles. The molecule has 20 heavy (non-hydrogen) atoms. The molecule has 1 amide bonds. The van der Waals surface area contributed by atoms with E-state index in [-0.39, 0.29) is 5.91 Å². The molecule has 0 radical (unpaired) electrons. The van der Waals surface area contributed by atoms with Crippen molar-refractivity contribution >= 4 is 11.6 Å². The van der Waals surface area contributed by atoms with Gasteiger partial charge in [-0.2, -0.15) is 0 Å². The van der Waals surface area contributed by atoms with E-state index in [1.54, 1.807) is 0 Å². The molecule has 112 valence electrons. The van der Waals surface area contributed by atoms with Crippen molar-refractivity contribution in [1.29, 1.82) is 0 Å². The van der Waals surface area contributed by atoms with Gasteiger partial charge in [0.2, 0.25) is 0 Å². The molecule has 0 bridgehead atoms. The number of carbonyl (C=O) groups is 1. The highest BCUT2D eigenvalue weighted by atomic mass is 16.5. The van der Waals surface area contributed by atoms with Crippen LogP contribution in [0.3, 0.4) is 0 Å². The van der Waals surface area contributed by atoms with Crippen molar-refractivity contribution in [2.45, 2.75) is 39.7 Å². The lowest BCUT2D eigenvalue weighted by Gasteiger charge is -2.14. The molecule has 1 aromatic rings. The quantitative estimate of drug-likeness (QED) is 0.683. The number of hydrogen-bond acceptors (Lipinski definition) is 3. The van der Waals surface area contributed by atoms with Gasteiger partial charge in [0.05, 0.1) is 12.2 Å². The lowest BCUT2D eigenvalue weighted by molar-refractivity contribution is 0.0913. The molecule has 0 fully saturated rings. The summed E-state index contributed by atoms with van der Waals surface area (Å²) >= 11 is 0. The topological polar surface area (TPSA) is 50.4 Å². The first-order valence-electron chi connectivity index (χ1n) is 7.36. The van der Waals surface area contributed by atoms with E-state index in [9.17, 15) is 4.79 Å². The lowest BCUT2D eigenvalue weighted by Crippen LogP contribution is -2.28. The van der Waals surface area contributed by atoms with Gasteiger partial charge in [-0.3, -0.25) is 4.79 Å². The zero-order valence-electron chi connectivity index (χ0n) is 12.7. The SMILES string of the molecule is CCCCOCCNC(=O)c1ccccc1NC(C)C. The number of nitrogens with one attached hydrogen (secondary N) is 2. The van der Waals surface area contributed by atoms with Crippen molar-refractivity contribution in [2.75, 3.05) is 25.1 Å². The van der Waals surface area contributed by atoms with Crippen molar-refractivity contribution in [3.8, 4) is 0 Å². The third kappa shape index (κ3) is 6.06. The number of amides is 1. The molecule has 0 aromatic heterocycles. The smallest absolute Gasteiger partial charge is 0.253 e. The van der Waals surface area contributed by atoms with Crippen LogP contribution in [0.4, 0.5) is 5.69 Å². The molecule has 0 spiro atoms. The Kier molecular flexibility index (Phi) is 7.73. The van der Waals surface area contributed by atoms with Crippen LogP contribution < -0.4 is 10.6 Å². The van der Waals surface area contributed by atoms with E-state index in [1.165, 1.54) is 0 Å². The molecule has 0 aliphatic carbocycles. The fourth-order valence-electron chi connectivity index (χ4n) is 1.80. The van der Waals surface area contributed by atoms with Crippen molar-refractivity contribution < 1.29 is 9.53 Å². The normalized spacial score (nSPS) is 10.6. The summed E-state index contributed by atoms with van der Waals surface area (Å²) in [6.07, 6.45) is 2.19. The second kappa shape index (κ2) is 9.37. The highest BCUT2D eigenvalue weighted by molar-refractivity contribution is 5.99. The minimum Gasteiger partial charge on any atom is -0.382 e. The number of unbranched alkanes of at least 4 members (excludes halogenated alkanes) is 1. The van der Waals surface area contributed by atoms with E-state index < -0.39 is 0 Å². The molecule has 0 heterocycles. The Bertz CT molecular complexity index is 405. The molecule has 0 saturated carbocycles. The van der Waals surface area contributed by atoms with Crippen LogP contribution in [0.25, 0.3) is 0 Å². The van der Waals surface area contributed by atoms with Gasteiger partial charge in [-0.15, -0.1) is 0 Å². The molecule has 4 heteroatoms. The van der Waals surface area contributed by atoms with Crippen molar-refractivity contribution in [2.24, 2.45) is 0 Å². The molecule has 0 aliphatic rings. The second-order valence-corrected chi connectivity index (χ2v) is 5.07. The maximum atomic E-state index is 12.1. The Labute approximate surface area is 121 Å². The first-order chi connectivity index (χ1) is 9.65. The van der Waals surface area contributed by atoms with Gasteiger partial charge in [0, 0.05) is 24.9 Å². The van der Waals surface area contributed by atoms with Gasteiger partial charge in [-0.05, 0) is 32.4 Å². The Hall–Kier alpha value is -1.55. The molecule has 4 nitrogen and oxygen atoms in total. The van der Waals surface area contributed by atoms with Gasteiger partial charge in [0.15, 0.2) is 0 Å². The summed E-state index contributed by atoms with van der Waals surface area (Å²) in [7, 11) is 0. The summed E-state index contributed by atoms with van der Waals surface area (Å²) in [6.45, 7) is 8.10. The Morgan fingerprint density at radius 1 is 1.25 bits per heavy atom. The van der Waals surface area contributed by atoms with Gasteiger partial charge in [-0.1, -0.05) is 25.5 Å². The fourth-order valence-corrected chi connectivity index (χ4v) is 1.80. The number of benzene rings is 1. The number of anilines is 1. The minimum atomic E-state index is -0.0622. The maximum Gasteiger partial charge on any atom is 0.253 e. The van der Waals surface area contributed by atoms with Crippen LogP contribution in [0, 0.1) is 0 Å². The zero-order valence-corrected chi connectivity index (χ0v) is 12.7. The molecular formula is C16H26N2O2. The Balaban J connectivity index is 2.43. The summed E-state index contributed by atoms with van der Waals surface area (Å²) in [6, 6.07) is 7.85. The van der Waals surface area contributed by atoms with Crippen molar-refractivity contribution in [3.05, 3.63) is 29.8 Å². The van der Waals surface area contributed by atoms with Gasteiger partial charge >= 0.3 is 0 Å². The molecule has 0 atom stereocenters. The summed E-state index contributed by atoms with van der Waals surface area (Å²) < 4.78 is 5.42. The van der Waals surface area contributed by atoms with E-state index in [1.807, 2.05) is 24.3 Å². The molecule has 0 saturated heterocycles. The number of ether oxygens (including phenoxy) is 1. The van der Waals surface area contributed by atoms with Crippen LogP contribution in [0.2, 0.25) is 0 Å². The molecular weight excluding hydrogens is 252 g/mol. The Morgan fingerprint density at radius 2 is 2.00 bits per heavy atom. The third-order valence-corrected chi connectivity index (χ3v) is 2.79. The van der Waals surface area contributed by atoms with E-state index >= 15 is 0 Å². The number of hydrogen-bond donors (Lipinski definition) is 2. The first kappa shape index (κ1) is 16.5. The van der Waals surface area contributed by atoms with E-state index in [2.05, 4.69) is 31.4 Å². The minimum absolute atomic E-state index is 0.0622. The van der Waals surface area contributed by atoms with E-state index in [0.29, 0.717) is 24.8 Å². The Morgan fingerprint density at radius 3 is 2.70 bits per heavy atom. The first-order valence-corrected chi connectivity index (χ1v) is 7.36. The number of rotatable bonds is 9. The largest absolute Gasteiger partial charge is 0.382 e. The zero-order chi connectivity index (χ0) is 14.8. The summed E-state index contributed by atoms with van der Waals surface area (Å²) in [5.41, 5.74) is 1.54. The summed E-state index contributed by atoms with van der Waals surface area (Å²) in [5.74, 6) is -0.0622. The van der Waals surface area contributed by atoms with Crippen molar-refractivity contribution in [1.82, 2.24) is 5.32 Å². The molecule has 1 aromatic carbocycles. The number of carbonyl (C=O) groups excluding carboxylic acids is 1. The highest BCUT2D eigenvalue weighted by Crippen LogP contribution is 2.15. The van der Waals surface area contributed by atoms with Gasteiger partial charge in [0.1, 0.15) is 0 Å². The van der Waals surface area contributed by atoms with Gasteiger partial charge < -0.3 is 15.4 Å². The number of para-hydroxylation sites is 1. The predicted octanol–water partition coefficient (Wildman–Crippen LogP) is 3.05. The predicted molar refractivity (Wildman–Crippen MR) is 83.3 cm³/mol. The standard InChI is InChI=1S/C16H26N2O2/c1-4-5-11-20-12-10-17-16(19)14-8-6-7-9-15(14)18-13(2)3/h6-9,13,18H,4-5,10-12H2,1-3H3,(H,17,19). The molecule has 0 unspecified atom stereocenters. The molecule has 2 N–H and O–H groups in total. The van der Waals surface area contributed by atoms with Crippen LogP contribution in [0.1, 0.15) is 44.0 Å². The van der Waals surface area contributed by atoms with Crippen LogP contribution in [0.5, 0.6) is 0 Å². The third-order valence-electron chi connectivity index (χ3n) is 2.79. The van der Waals surface area contributed by atoms with Gasteiger partial charge in [-0.25, -0.2) is 0 Å². The average Bonchev–Trinajstić information content (AvgIpc) is 2.42. The summed E-state index contributed by atoms with van der Waals surface area (Å²) in [4.78, 5) is 12.1. The monoisotopic (exact) mass is 278 g/mol. The molecule has 1 rings (SSSR count). The maximum absolute atomic E-state index is 12.1. The fraction of sp³-hybridized carbons (Fsp3) is 0.562. The summed E-state index contributed by atoms with van der Waals surface area (Å²) in [5, 5.41) is 6.17. The van der Waals surface area contributed by atoms with E-state index in [0.717, 1.165) is 25.1 Å². The second-order valence-electron chi connectivity index (χ2n) is 5.07. The van der Waals surface area contributed by atoms with Crippen LogP contribution in [-0.4, -0.2) is 31.7 Å². The highest BCUT2D eigenvalue weighted by Gasteiger charge is 2.10. The van der Waals surface area contributed by atoms with E-state index in [4.69, 9.17) is 4.74 Å². The van der Waals surface area contributed by atoms with Crippen LogP contribution in [0.15, 0.2) is 24.3 Å². The van der Waals surface area contributed by atoms with Crippen LogP contribution >= 0.6 is 0 Å². The van der Waals surface area contributed by atoms with Crippen LogP contribution in [-0.2, 0) is 4.74 Å². The van der Waals surface area contributed by atoms with Crippen molar-refractivity contribution in [3.63, 3.8) is 0 Å². The van der Waals surface area contributed by atoms with Gasteiger partial charge in [0.25, 0.3) is 5.91 Å². The lowest BCUT2D eigenvalue weighted by atomic mass is 10.1.